The third kappa shape index (κ3) is 3.65. The molecule has 0 fully saturated rings. The highest BCUT2D eigenvalue weighted by Gasteiger charge is 2.16. The van der Waals surface area contributed by atoms with Crippen molar-refractivity contribution in [2.75, 3.05) is 13.7 Å². The van der Waals surface area contributed by atoms with Gasteiger partial charge in [0.15, 0.2) is 0 Å². The highest BCUT2D eigenvalue weighted by atomic mass is 35.5. The van der Waals surface area contributed by atoms with Crippen molar-refractivity contribution in [1.29, 1.82) is 0 Å². The number of likely N-dealkylation sites (N-methyl/N-ethyl adjacent to an activating group) is 1. The maximum absolute atomic E-state index is 6.06. The van der Waals surface area contributed by atoms with Gasteiger partial charge in [-0.25, -0.2) is 0 Å². The Bertz CT molecular complexity index is 519. The van der Waals surface area contributed by atoms with Crippen LogP contribution in [0.2, 0.25) is 5.02 Å². The average molecular weight is 298 g/mol. The van der Waals surface area contributed by atoms with E-state index in [1.165, 1.54) is 11.5 Å². The normalized spacial score (nSPS) is 12.4. The van der Waals surface area contributed by atoms with Crippen molar-refractivity contribution in [3.8, 4) is 5.75 Å². The Morgan fingerprint density at radius 2 is 2.32 bits per heavy atom. The standard InChI is InChI=1S/C13H16ClN3OS/c1-3-15-11(12-8-19-17-16-12)7-9-6-10(14)4-5-13(9)18-2/h4-6,8,11,15H,3,7H2,1-2H3. The van der Waals surface area contributed by atoms with Crippen molar-refractivity contribution in [2.24, 2.45) is 0 Å². The molecule has 0 amide bonds. The molecule has 0 radical (unpaired) electrons. The lowest BCUT2D eigenvalue weighted by Crippen LogP contribution is -2.23. The number of methoxy groups -OCH3 is 1. The van der Waals surface area contributed by atoms with Crippen LogP contribution in [0.5, 0.6) is 5.75 Å². The minimum atomic E-state index is 0.121. The molecule has 19 heavy (non-hydrogen) atoms. The molecule has 1 atom stereocenters. The molecule has 0 bridgehead atoms. The Morgan fingerprint density at radius 1 is 1.47 bits per heavy atom. The smallest absolute Gasteiger partial charge is 0.122 e. The zero-order valence-corrected chi connectivity index (χ0v) is 12.5. The van der Waals surface area contributed by atoms with Gasteiger partial charge in [-0.3, -0.25) is 0 Å². The van der Waals surface area contributed by atoms with Gasteiger partial charge >= 0.3 is 0 Å². The first-order valence-corrected chi connectivity index (χ1v) is 7.28. The summed E-state index contributed by atoms with van der Waals surface area (Å²) in [5, 5.41) is 10.2. The van der Waals surface area contributed by atoms with Crippen LogP contribution in [-0.2, 0) is 6.42 Å². The summed E-state index contributed by atoms with van der Waals surface area (Å²) in [6.45, 7) is 2.94. The summed E-state index contributed by atoms with van der Waals surface area (Å²) in [5.41, 5.74) is 2.02. The third-order valence-electron chi connectivity index (χ3n) is 2.85. The van der Waals surface area contributed by atoms with Crippen LogP contribution in [0.15, 0.2) is 23.6 Å². The molecule has 1 heterocycles. The first kappa shape index (κ1) is 14.2. The Hall–Kier alpha value is -1.17. The van der Waals surface area contributed by atoms with Crippen molar-refractivity contribution in [2.45, 2.75) is 19.4 Å². The van der Waals surface area contributed by atoms with Crippen LogP contribution in [0, 0.1) is 0 Å². The van der Waals surface area contributed by atoms with Crippen molar-refractivity contribution in [3.63, 3.8) is 0 Å². The number of hydrogen-bond donors (Lipinski definition) is 1. The lowest BCUT2D eigenvalue weighted by molar-refractivity contribution is 0.405. The van der Waals surface area contributed by atoms with Gasteiger partial charge in [-0.1, -0.05) is 23.0 Å². The zero-order valence-electron chi connectivity index (χ0n) is 10.9. The molecule has 2 aromatic rings. The first-order valence-electron chi connectivity index (χ1n) is 6.07. The second-order valence-corrected chi connectivity index (χ2v) is 5.15. The van der Waals surface area contributed by atoms with Crippen LogP contribution in [0.4, 0.5) is 0 Å². The van der Waals surface area contributed by atoms with E-state index in [0.29, 0.717) is 5.02 Å². The second-order valence-electron chi connectivity index (χ2n) is 4.10. The highest BCUT2D eigenvalue weighted by Crippen LogP contribution is 2.27. The number of ether oxygens (including phenoxy) is 1. The van der Waals surface area contributed by atoms with Crippen molar-refractivity contribution >= 4 is 23.1 Å². The van der Waals surface area contributed by atoms with E-state index in [4.69, 9.17) is 16.3 Å². The van der Waals surface area contributed by atoms with Gasteiger partial charge in [0.2, 0.25) is 0 Å². The maximum Gasteiger partial charge on any atom is 0.122 e. The predicted molar refractivity (Wildman–Crippen MR) is 78.0 cm³/mol. The fraction of sp³-hybridized carbons (Fsp3) is 0.385. The van der Waals surface area contributed by atoms with E-state index in [2.05, 4.69) is 21.8 Å². The van der Waals surface area contributed by atoms with E-state index in [-0.39, 0.29) is 6.04 Å². The summed E-state index contributed by atoms with van der Waals surface area (Å²) < 4.78 is 9.30. The third-order valence-corrected chi connectivity index (χ3v) is 3.61. The van der Waals surface area contributed by atoms with Crippen LogP contribution in [0.25, 0.3) is 0 Å². The number of benzene rings is 1. The molecule has 1 aromatic heterocycles. The lowest BCUT2D eigenvalue weighted by Gasteiger charge is -2.17. The van der Waals surface area contributed by atoms with Gasteiger partial charge in [-0.2, -0.15) is 0 Å². The molecular weight excluding hydrogens is 282 g/mol. The number of nitrogens with one attached hydrogen (secondary N) is 1. The number of nitrogens with zero attached hydrogens (tertiary/aromatic N) is 2. The molecular formula is C13H16ClN3OS. The Balaban J connectivity index is 2.24. The summed E-state index contributed by atoms with van der Waals surface area (Å²) in [7, 11) is 1.67. The topological polar surface area (TPSA) is 47.0 Å². The molecule has 6 heteroatoms. The Labute approximate surface area is 121 Å². The molecule has 0 aliphatic carbocycles. The predicted octanol–water partition coefficient (Wildman–Crippen LogP) is 3.09. The number of aromatic nitrogens is 2. The van der Waals surface area contributed by atoms with E-state index in [1.807, 2.05) is 23.6 Å². The molecule has 2 rings (SSSR count). The molecule has 4 nitrogen and oxygen atoms in total. The number of halogens is 1. The Morgan fingerprint density at radius 3 is 2.95 bits per heavy atom. The van der Waals surface area contributed by atoms with Crippen LogP contribution in [0.3, 0.4) is 0 Å². The molecule has 1 unspecified atom stereocenters. The van der Waals surface area contributed by atoms with Crippen LogP contribution in [-0.4, -0.2) is 23.2 Å². The lowest BCUT2D eigenvalue weighted by atomic mass is 10.0. The minimum absolute atomic E-state index is 0.121. The Kier molecular flexibility index (Phi) is 5.13. The molecule has 1 N–H and O–H groups in total. The SMILES string of the molecule is CCNC(Cc1cc(Cl)ccc1OC)c1csnn1. The van der Waals surface area contributed by atoms with Crippen molar-refractivity contribution in [3.05, 3.63) is 39.9 Å². The van der Waals surface area contributed by atoms with Crippen molar-refractivity contribution in [1.82, 2.24) is 14.9 Å². The average Bonchev–Trinajstić information content (AvgIpc) is 2.92. The van der Waals surface area contributed by atoms with Gasteiger partial charge in [0, 0.05) is 10.4 Å². The van der Waals surface area contributed by atoms with Gasteiger partial charge in [0.1, 0.15) is 5.75 Å². The molecule has 0 aliphatic rings. The van der Waals surface area contributed by atoms with Crippen LogP contribution < -0.4 is 10.1 Å². The van der Waals surface area contributed by atoms with E-state index < -0.39 is 0 Å². The van der Waals surface area contributed by atoms with Gasteiger partial charge in [0.25, 0.3) is 0 Å². The number of rotatable bonds is 6. The fourth-order valence-electron chi connectivity index (χ4n) is 1.98. The summed E-state index contributed by atoms with van der Waals surface area (Å²) in [5.74, 6) is 0.843. The number of hydrogen-bond acceptors (Lipinski definition) is 5. The summed E-state index contributed by atoms with van der Waals surface area (Å²) in [6, 6.07) is 5.78. The van der Waals surface area contributed by atoms with Gasteiger partial charge in [-0.05, 0) is 48.3 Å². The van der Waals surface area contributed by atoms with Crippen LogP contribution in [0.1, 0.15) is 24.2 Å². The van der Waals surface area contributed by atoms with E-state index in [0.717, 1.165) is 30.0 Å². The van der Waals surface area contributed by atoms with Crippen molar-refractivity contribution < 1.29 is 4.74 Å². The second kappa shape index (κ2) is 6.84. The molecule has 1 aromatic carbocycles. The maximum atomic E-state index is 6.06. The fourth-order valence-corrected chi connectivity index (χ4v) is 2.68. The largest absolute Gasteiger partial charge is 0.496 e. The molecule has 102 valence electrons. The van der Waals surface area contributed by atoms with E-state index in [9.17, 15) is 0 Å². The molecule has 0 spiro atoms. The highest BCUT2D eigenvalue weighted by molar-refractivity contribution is 7.03. The van der Waals surface area contributed by atoms with Gasteiger partial charge in [-0.15, -0.1) is 5.10 Å². The molecule has 0 saturated carbocycles. The summed E-state index contributed by atoms with van der Waals surface area (Å²) in [4.78, 5) is 0. The molecule has 0 saturated heterocycles. The van der Waals surface area contributed by atoms with Gasteiger partial charge in [0.05, 0.1) is 18.8 Å². The summed E-state index contributed by atoms with van der Waals surface area (Å²) in [6.07, 6.45) is 0.767. The quantitative estimate of drug-likeness (QED) is 0.890. The van der Waals surface area contributed by atoms with E-state index in [1.54, 1.807) is 7.11 Å². The van der Waals surface area contributed by atoms with E-state index >= 15 is 0 Å². The van der Waals surface area contributed by atoms with Crippen LogP contribution >= 0.6 is 23.1 Å². The monoisotopic (exact) mass is 297 g/mol. The first-order chi connectivity index (χ1) is 9.24. The van der Waals surface area contributed by atoms with Gasteiger partial charge < -0.3 is 10.1 Å². The molecule has 0 aliphatic heterocycles. The zero-order chi connectivity index (χ0) is 13.7. The summed E-state index contributed by atoms with van der Waals surface area (Å²) >= 11 is 7.42. The minimum Gasteiger partial charge on any atom is -0.496 e.